The predicted molar refractivity (Wildman–Crippen MR) is 79.2 cm³/mol. The van der Waals surface area contributed by atoms with Gasteiger partial charge >= 0.3 is 0 Å². The summed E-state index contributed by atoms with van der Waals surface area (Å²) in [5.74, 6) is 1.98. The summed E-state index contributed by atoms with van der Waals surface area (Å²) in [4.78, 5) is 16.4. The van der Waals surface area contributed by atoms with Gasteiger partial charge < -0.3 is 15.1 Å². The summed E-state index contributed by atoms with van der Waals surface area (Å²) in [6.45, 7) is 12.4. The Morgan fingerprint density at radius 3 is 2.78 bits per heavy atom. The van der Waals surface area contributed by atoms with Gasteiger partial charge in [-0.3, -0.25) is 4.79 Å². The van der Waals surface area contributed by atoms with Crippen LogP contribution in [-0.4, -0.2) is 72.5 Å². The van der Waals surface area contributed by atoms with Crippen LogP contribution in [0.3, 0.4) is 0 Å². The van der Waals surface area contributed by atoms with Crippen molar-refractivity contribution in [1.29, 1.82) is 0 Å². The fourth-order valence-electron chi connectivity index (χ4n) is 2.14. The largest absolute Gasteiger partial charge is 0.339 e. The highest BCUT2D eigenvalue weighted by Crippen LogP contribution is 2.06. The second kappa shape index (κ2) is 8.77. The van der Waals surface area contributed by atoms with Crippen molar-refractivity contribution in [3.8, 4) is 0 Å². The van der Waals surface area contributed by atoms with E-state index < -0.39 is 0 Å². The molecule has 106 valence electrons. The van der Waals surface area contributed by atoms with Crippen LogP contribution in [0.4, 0.5) is 0 Å². The van der Waals surface area contributed by atoms with Crippen LogP contribution in [0.15, 0.2) is 0 Å². The van der Waals surface area contributed by atoms with Crippen LogP contribution in [-0.2, 0) is 4.79 Å². The van der Waals surface area contributed by atoms with E-state index in [-0.39, 0.29) is 0 Å². The molecule has 5 heteroatoms. The number of rotatable bonds is 7. The molecule has 1 amide bonds. The lowest BCUT2D eigenvalue weighted by atomic mass is 10.2. The van der Waals surface area contributed by atoms with Gasteiger partial charge in [0.1, 0.15) is 0 Å². The van der Waals surface area contributed by atoms with Crippen molar-refractivity contribution in [2.75, 3.05) is 50.8 Å². The Labute approximate surface area is 115 Å². The van der Waals surface area contributed by atoms with Crippen LogP contribution in [0.5, 0.6) is 0 Å². The van der Waals surface area contributed by atoms with Crippen molar-refractivity contribution < 1.29 is 4.79 Å². The van der Waals surface area contributed by atoms with E-state index >= 15 is 0 Å². The van der Waals surface area contributed by atoms with Crippen LogP contribution in [0, 0.1) is 0 Å². The van der Waals surface area contributed by atoms with E-state index in [0.717, 1.165) is 45.0 Å². The van der Waals surface area contributed by atoms with Crippen LogP contribution < -0.4 is 5.32 Å². The van der Waals surface area contributed by atoms with E-state index in [0.29, 0.717) is 17.7 Å². The first-order valence-electron chi connectivity index (χ1n) is 6.98. The molecule has 0 bridgehead atoms. The van der Waals surface area contributed by atoms with Crippen molar-refractivity contribution in [3.63, 3.8) is 0 Å². The maximum atomic E-state index is 12.0. The highest BCUT2D eigenvalue weighted by Gasteiger charge is 2.19. The number of piperazine rings is 1. The third-order valence-electron chi connectivity index (χ3n) is 3.39. The second-order valence-corrected chi connectivity index (χ2v) is 5.88. The molecule has 0 aromatic rings. The standard InChI is InChI=1S/C13H27N3OS/c1-4-15(5-2)8-9-18-11-13(17)16-7-6-14-12(3)10-16/h12,14H,4-11H2,1-3H3. The Balaban J connectivity index is 2.13. The van der Waals surface area contributed by atoms with Gasteiger partial charge in [0.2, 0.25) is 5.91 Å². The summed E-state index contributed by atoms with van der Waals surface area (Å²) < 4.78 is 0. The topological polar surface area (TPSA) is 35.6 Å². The number of hydrogen-bond donors (Lipinski definition) is 1. The number of carbonyl (C=O) groups is 1. The number of nitrogens with zero attached hydrogens (tertiary/aromatic N) is 2. The average molecular weight is 273 g/mol. The monoisotopic (exact) mass is 273 g/mol. The molecule has 0 aliphatic carbocycles. The molecule has 1 unspecified atom stereocenters. The third-order valence-corrected chi connectivity index (χ3v) is 4.32. The quantitative estimate of drug-likeness (QED) is 0.699. The molecule has 1 rings (SSSR count). The number of hydrogen-bond acceptors (Lipinski definition) is 4. The maximum Gasteiger partial charge on any atom is 0.232 e. The van der Waals surface area contributed by atoms with Crippen molar-refractivity contribution in [2.45, 2.75) is 26.8 Å². The van der Waals surface area contributed by atoms with Crippen LogP contribution in [0.1, 0.15) is 20.8 Å². The van der Waals surface area contributed by atoms with Gasteiger partial charge in [0.25, 0.3) is 0 Å². The van der Waals surface area contributed by atoms with Gasteiger partial charge in [-0.25, -0.2) is 0 Å². The summed E-state index contributed by atoms with van der Waals surface area (Å²) in [6, 6.07) is 0.434. The lowest BCUT2D eigenvalue weighted by Gasteiger charge is -2.31. The highest BCUT2D eigenvalue weighted by molar-refractivity contribution is 7.99. The van der Waals surface area contributed by atoms with Gasteiger partial charge in [0.15, 0.2) is 0 Å². The number of carbonyl (C=O) groups excluding carboxylic acids is 1. The molecule has 18 heavy (non-hydrogen) atoms. The van der Waals surface area contributed by atoms with Crippen LogP contribution >= 0.6 is 11.8 Å². The minimum atomic E-state index is 0.299. The summed E-state index contributed by atoms with van der Waals surface area (Å²) >= 11 is 1.76. The first-order chi connectivity index (χ1) is 8.67. The Morgan fingerprint density at radius 1 is 1.44 bits per heavy atom. The van der Waals surface area contributed by atoms with E-state index in [1.54, 1.807) is 11.8 Å². The number of thioether (sulfide) groups is 1. The Hall–Kier alpha value is -0.260. The van der Waals surface area contributed by atoms with E-state index in [2.05, 4.69) is 31.0 Å². The average Bonchev–Trinajstić information content (AvgIpc) is 2.38. The lowest BCUT2D eigenvalue weighted by molar-refractivity contribution is -0.129. The summed E-state index contributed by atoms with van der Waals surface area (Å²) in [5.41, 5.74) is 0. The molecule has 1 fully saturated rings. The SMILES string of the molecule is CCN(CC)CCSCC(=O)N1CCNC(C)C1. The van der Waals surface area contributed by atoms with Gasteiger partial charge in [-0.1, -0.05) is 13.8 Å². The number of nitrogens with one attached hydrogen (secondary N) is 1. The smallest absolute Gasteiger partial charge is 0.232 e. The molecule has 1 aliphatic heterocycles. The molecule has 1 atom stereocenters. The zero-order chi connectivity index (χ0) is 13.4. The van der Waals surface area contributed by atoms with Gasteiger partial charge in [-0.15, -0.1) is 0 Å². The first kappa shape index (κ1) is 15.8. The van der Waals surface area contributed by atoms with Crippen molar-refractivity contribution in [1.82, 2.24) is 15.1 Å². The summed E-state index contributed by atoms with van der Waals surface area (Å²) in [7, 11) is 0. The first-order valence-corrected chi connectivity index (χ1v) is 8.14. The molecule has 1 aliphatic rings. The number of amides is 1. The fraction of sp³-hybridized carbons (Fsp3) is 0.923. The molecule has 0 radical (unpaired) electrons. The van der Waals surface area contributed by atoms with Crippen LogP contribution in [0.25, 0.3) is 0 Å². The summed E-state index contributed by atoms with van der Waals surface area (Å²) in [5, 5.41) is 3.36. The molecular weight excluding hydrogens is 246 g/mol. The highest BCUT2D eigenvalue weighted by atomic mass is 32.2. The van der Waals surface area contributed by atoms with Crippen molar-refractivity contribution in [3.05, 3.63) is 0 Å². The second-order valence-electron chi connectivity index (χ2n) is 4.77. The van der Waals surface area contributed by atoms with E-state index in [4.69, 9.17) is 0 Å². The van der Waals surface area contributed by atoms with E-state index in [1.165, 1.54) is 0 Å². The normalized spacial score (nSPS) is 20.4. The molecule has 1 N–H and O–H groups in total. The van der Waals surface area contributed by atoms with Gasteiger partial charge in [0, 0.05) is 38.0 Å². The molecule has 1 heterocycles. The maximum absolute atomic E-state index is 12.0. The van der Waals surface area contributed by atoms with Crippen molar-refractivity contribution in [2.24, 2.45) is 0 Å². The fourth-order valence-corrected chi connectivity index (χ4v) is 3.03. The predicted octanol–water partition coefficient (Wildman–Crippen LogP) is 0.882. The Kier molecular flexibility index (Phi) is 7.70. The van der Waals surface area contributed by atoms with Gasteiger partial charge in [0.05, 0.1) is 5.75 Å². The zero-order valence-corrected chi connectivity index (χ0v) is 12.8. The lowest BCUT2D eigenvalue weighted by Crippen LogP contribution is -2.51. The molecular formula is C13H27N3OS. The Morgan fingerprint density at radius 2 is 2.17 bits per heavy atom. The molecule has 0 saturated carbocycles. The molecule has 4 nitrogen and oxygen atoms in total. The zero-order valence-electron chi connectivity index (χ0n) is 11.9. The minimum absolute atomic E-state index is 0.299. The van der Waals surface area contributed by atoms with Gasteiger partial charge in [-0.05, 0) is 20.0 Å². The Bertz CT molecular complexity index is 246. The molecule has 1 saturated heterocycles. The van der Waals surface area contributed by atoms with E-state index in [1.807, 2.05) is 4.90 Å². The van der Waals surface area contributed by atoms with Crippen LogP contribution in [0.2, 0.25) is 0 Å². The third kappa shape index (κ3) is 5.59. The summed E-state index contributed by atoms with van der Waals surface area (Å²) in [6.07, 6.45) is 0. The van der Waals surface area contributed by atoms with Crippen molar-refractivity contribution >= 4 is 17.7 Å². The van der Waals surface area contributed by atoms with E-state index in [9.17, 15) is 4.79 Å². The molecule has 0 spiro atoms. The molecule has 0 aromatic carbocycles. The minimum Gasteiger partial charge on any atom is -0.339 e. The van der Waals surface area contributed by atoms with Gasteiger partial charge in [-0.2, -0.15) is 11.8 Å². The molecule has 0 aromatic heterocycles.